The summed E-state index contributed by atoms with van der Waals surface area (Å²) in [6.45, 7) is 6.27. The highest BCUT2D eigenvalue weighted by atomic mass is 32.2. The molecule has 0 spiro atoms. The molecule has 0 unspecified atom stereocenters. The number of nitrogens with one attached hydrogen (secondary N) is 1. The van der Waals surface area contributed by atoms with E-state index in [1.165, 1.54) is 0 Å². The Hall–Kier alpha value is -1.40. The smallest absolute Gasteiger partial charge is 0.322 e. The van der Waals surface area contributed by atoms with Crippen molar-refractivity contribution in [2.24, 2.45) is 0 Å². The number of urea groups is 1. The molecule has 1 aromatic rings. The number of rotatable bonds is 6. The van der Waals surface area contributed by atoms with E-state index in [1.54, 1.807) is 7.11 Å². The van der Waals surface area contributed by atoms with Crippen LogP contribution in [0.3, 0.4) is 0 Å². The van der Waals surface area contributed by atoms with Gasteiger partial charge in [-0.2, -0.15) is 11.8 Å². The minimum atomic E-state index is -0.0578. The zero-order valence-corrected chi connectivity index (χ0v) is 14.9. The van der Waals surface area contributed by atoms with E-state index in [4.69, 9.17) is 9.47 Å². The fraction of sp³-hybridized carbons (Fsp3) is 0.588. The lowest BCUT2D eigenvalue weighted by molar-refractivity contribution is 0.172. The molecule has 0 aromatic heterocycles. The Balaban J connectivity index is 1.97. The van der Waals surface area contributed by atoms with E-state index < -0.39 is 0 Å². The van der Waals surface area contributed by atoms with Gasteiger partial charge in [-0.15, -0.1) is 0 Å². The van der Waals surface area contributed by atoms with Crippen molar-refractivity contribution in [1.82, 2.24) is 4.90 Å². The second-order valence-electron chi connectivity index (χ2n) is 5.63. The maximum absolute atomic E-state index is 12.6. The Morgan fingerprint density at radius 1 is 1.35 bits per heavy atom. The molecule has 1 fully saturated rings. The van der Waals surface area contributed by atoms with E-state index in [0.29, 0.717) is 29.9 Å². The third-order valence-corrected chi connectivity index (χ3v) is 5.36. The molecule has 2 atom stereocenters. The molecule has 0 radical (unpaired) electrons. The first-order valence-electron chi connectivity index (χ1n) is 8.03. The number of thioether (sulfide) groups is 1. The number of carbonyl (C=O) groups is 1. The van der Waals surface area contributed by atoms with E-state index in [-0.39, 0.29) is 12.1 Å². The minimum Gasteiger partial charge on any atom is -0.491 e. The molecule has 6 heteroatoms. The molecule has 128 valence electrons. The van der Waals surface area contributed by atoms with Crippen LogP contribution in [-0.4, -0.2) is 54.8 Å². The number of ether oxygens (including phenoxy) is 2. The van der Waals surface area contributed by atoms with E-state index >= 15 is 0 Å². The Morgan fingerprint density at radius 2 is 2.13 bits per heavy atom. The summed E-state index contributed by atoms with van der Waals surface area (Å²) in [7, 11) is 1.67. The molecule has 1 aliphatic rings. The van der Waals surface area contributed by atoms with Gasteiger partial charge in [0.1, 0.15) is 5.75 Å². The van der Waals surface area contributed by atoms with Crippen molar-refractivity contribution in [2.75, 3.05) is 37.9 Å². The predicted octanol–water partition coefficient (Wildman–Crippen LogP) is 3.46. The fourth-order valence-electron chi connectivity index (χ4n) is 2.49. The number of para-hydroxylation sites is 2. The van der Waals surface area contributed by atoms with Crippen molar-refractivity contribution >= 4 is 23.5 Å². The summed E-state index contributed by atoms with van der Waals surface area (Å²) in [5.41, 5.74) is 0.716. The summed E-state index contributed by atoms with van der Waals surface area (Å²) in [5, 5.41) is 3.45. The highest BCUT2D eigenvalue weighted by molar-refractivity contribution is 8.00. The maximum Gasteiger partial charge on any atom is 0.322 e. The van der Waals surface area contributed by atoms with Crippen LogP contribution >= 0.6 is 11.8 Å². The lowest BCUT2D eigenvalue weighted by atomic mass is 10.2. The van der Waals surface area contributed by atoms with E-state index in [2.05, 4.69) is 19.2 Å². The molecule has 2 amide bonds. The monoisotopic (exact) mass is 338 g/mol. The summed E-state index contributed by atoms with van der Waals surface area (Å²) in [6.07, 6.45) is 0.816. The number of amides is 2. The van der Waals surface area contributed by atoms with Gasteiger partial charge in [0, 0.05) is 43.7 Å². The lowest BCUT2D eigenvalue weighted by Gasteiger charge is -2.37. The highest BCUT2D eigenvalue weighted by Gasteiger charge is 2.29. The molecule has 1 aliphatic heterocycles. The fourth-order valence-corrected chi connectivity index (χ4v) is 3.59. The van der Waals surface area contributed by atoms with Crippen LogP contribution in [0.15, 0.2) is 24.3 Å². The van der Waals surface area contributed by atoms with E-state index in [0.717, 1.165) is 18.7 Å². The maximum atomic E-state index is 12.6. The Bertz CT molecular complexity index is 512. The van der Waals surface area contributed by atoms with Crippen LogP contribution in [-0.2, 0) is 4.74 Å². The standard InChI is InChI=1S/C17H26N2O3S/c1-13-14(2)23-12-9-19(13)17(20)18-15-7-4-5-8-16(15)22-11-6-10-21-3/h4-5,7-8,13-14H,6,9-12H2,1-3H3,(H,18,20)/t13-,14-/m1/s1. The molecule has 1 saturated heterocycles. The number of hydrogen-bond acceptors (Lipinski definition) is 4. The summed E-state index contributed by atoms with van der Waals surface area (Å²) >= 11 is 1.91. The largest absolute Gasteiger partial charge is 0.491 e. The van der Waals surface area contributed by atoms with Crippen LogP contribution in [0.5, 0.6) is 5.75 Å². The first kappa shape index (κ1) is 17.9. The van der Waals surface area contributed by atoms with Crippen LogP contribution in [0.1, 0.15) is 20.3 Å². The Morgan fingerprint density at radius 3 is 2.91 bits per heavy atom. The van der Waals surface area contributed by atoms with Crippen molar-refractivity contribution in [3.8, 4) is 5.75 Å². The minimum absolute atomic E-state index is 0.0578. The first-order chi connectivity index (χ1) is 11.1. The molecular formula is C17H26N2O3S. The predicted molar refractivity (Wildman–Crippen MR) is 95.5 cm³/mol. The Kier molecular flexibility index (Phi) is 7.05. The number of anilines is 1. The molecule has 5 nitrogen and oxygen atoms in total. The number of benzene rings is 1. The highest BCUT2D eigenvalue weighted by Crippen LogP contribution is 2.27. The molecule has 0 saturated carbocycles. The van der Waals surface area contributed by atoms with Crippen molar-refractivity contribution in [1.29, 1.82) is 0 Å². The number of carbonyl (C=O) groups excluding carboxylic acids is 1. The average Bonchev–Trinajstić information content (AvgIpc) is 2.55. The molecule has 1 heterocycles. The number of hydrogen-bond donors (Lipinski definition) is 1. The summed E-state index contributed by atoms with van der Waals surface area (Å²) in [6, 6.07) is 7.72. The summed E-state index contributed by atoms with van der Waals surface area (Å²) in [4.78, 5) is 14.5. The normalized spacial score (nSPS) is 21.1. The van der Waals surface area contributed by atoms with Crippen LogP contribution in [0.4, 0.5) is 10.5 Å². The zero-order valence-electron chi connectivity index (χ0n) is 14.1. The third-order valence-electron chi connectivity index (χ3n) is 4.02. The molecule has 0 aliphatic carbocycles. The van der Waals surface area contributed by atoms with Gasteiger partial charge in [0.25, 0.3) is 0 Å². The van der Waals surface area contributed by atoms with Crippen LogP contribution < -0.4 is 10.1 Å². The molecular weight excluding hydrogens is 312 g/mol. The topological polar surface area (TPSA) is 50.8 Å². The van der Waals surface area contributed by atoms with E-state index in [1.807, 2.05) is 40.9 Å². The van der Waals surface area contributed by atoms with Gasteiger partial charge in [0.15, 0.2) is 0 Å². The summed E-state index contributed by atoms with van der Waals surface area (Å²) in [5.74, 6) is 1.68. The van der Waals surface area contributed by atoms with Gasteiger partial charge in [-0.05, 0) is 19.1 Å². The van der Waals surface area contributed by atoms with Crippen LogP contribution in [0, 0.1) is 0 Å². The van der Waals surface area contributed by atoms with Gasteiger partial charge >= 0.3 is 6.03 Å². The molecule has 1 aromatic carbocycles. The van der Waals surface area contributed by atoms with Crippen molar-refractivity contribution in [2.45, 2.75) is 31.6 Å². The average molecular weight is 338 g/mol. The summed E-state index contributed by atoms with van der Waals surface area (Å²) < 4.78 is 10.8. The van der Waals surface area contributed by atoms with Crippen LogP contribution in [0.25, 0.3) is 0 Å². The van der Waals surface area contributed by atoms with Gasteiger partial charge in [-0.1, -0.05) is 19.1 Å². The van der Waals surface area contributed by atoms with Crippen LogP contribution in [0.2, 0.25) is 0 Å². The second-order valence-corrected chi connectivity index (χ2v) is 7.12. The molecule has 1 N–H and O–H groups in total. The SMILES string of the molecule is COCCCOc1ccccc1NC(=O)N1CCS[C@H](C)[C@H]1C. The van der Waals surface area contributed by atoms with Crippen molar-refractivity contribution in [3.05, 3.63) is 24.3 Å². The van der Waals surface area contributed by atoms with Crippen molar-refractivity contribution < 1.29 is 14.3 Å². The van der Waals surface area contributed by atoms with Gasteiger partial charge in [-0.25, -0.2) is 4.79 Å². The zero-order chi connectivity index (χ0) is 16.7. The Labute approximate surface area is 142 Å². The number of methoxy groups -OCH3 is 1. The van der Waals surface area contributed by atoms with E-state index in [9.17, 15) is 4.79 Å². The van der Waals surface area contributed by atoms with Gasteiger partial charge in [0.2, 0.25) is 0 Å². The first-order valence-corrected chi connectivity index (χ1v) is 9.08. The molecule has 0 bridgehead atoms. The van der Waals surface area contributed by atoms with Gasteiger partial charge in [-0.3, -0.25) is 0 Å². The molecule has 2 rings (SSSR count). The molecule has 23 heavy (non-hydrogen) atoms. The van der Waals surface area contributed by atoms with Gasteiger partial charge in [0.05, 0.1) is 12.3 Å². The number of nitrogens with zero attached hydrogens (tertiary/aromatic N) is 1. The lowest BCUT2D eigenvalue weighted by Crippen LogP contribution is -2.49. The van der Waals surface area contributed by atoms with Crippen molar-refractivity contribution in [3.63, 3.8) is 0 Å². The second kappa shape index (κ2) is 9.03. The quantitative estimate of drug-likeness (QED) is 0.807. The third kappa shape index (κ3) is 5.04. The van der Waals surface area contributed by atoms with Gasteiger partial charge < -0.3 is 19.7 Å².